The summed E-state index contributed by atoms with van der Waals surface area (Å²) < 4.78 is 5.69. The number of halogens is 1. The molecule has 0 bridgehead atoms. The van der Waals surface area contributed by atoms with Gasteiger partial charge in [-0.1, -0.05) is 29.8 Å². The van der Waals surface area contributed by atoms with Gasteiger partial charge in [0.15, 0.2) is 16.9 Å². The number of amides is 2. The van der Waals surface area contributed by atoms with Crippen molar-refractivity contribution >= 4 is 68.6 Å². The van der Waals surface area contributed by atoms with Gasteiger partial charge in [-0.2, -0.15) is 0 Å². The molecule has 4 rings (SSSR count). The van der Waals surface area contributed by atoms with Gasteiger partial charge < -0.3 is 10.1 Å². The van der Waals surface area contributed by atoms with Gasteiger partial charge in [-0.15, -0.1) is 11.3 Å². The highest BCUT2D eigenvalue weighted by molar-refractivity contribution is 8.19. The first-order chi connectivity index (χ1) is 15.0. The lowest BCUT2D eigenvalue weighted by Gasteiger charge is -2.10. The summed E-state index contributed by atoms with van der Waals surface area (Å²) in [7, 11) is 0. The second-order valence-electron chi connectivity index (χ2n) is 6.25. The normalized spacial score (nSPS) is 14.9. The van der Waals surface area contributed by atoms with Crippen LogP contribution in [0.15, 0.2) is 65.0 Å². The number of rotatable bonds is 6. The zero-order chi connectivity index (χ0) is 21.8. The van der Waals surface area contributed by atoms with Gasteiger partial charge in [-0.3, -0.25) is 15.0 Å². The highest BCUT2D eigenvalue weighted by Gasteiger charge is 2.35. The number of thiazole rings is 1. The number of benzene rings is 2. The van der Waals surface area contributed by atoms with E-state index in [9.17, 15) is 9.59 Å². The maximum Gasteiger partial charge on any atom is 0.273 e. The van der Waals surface area contributed by atoms with Crippen LogP contribution in [0.5, 0.6) is 5.75 Å². The first-order valence-corrected chi connectivity index (χ1v) is 11.1. The van der Waals surface area contributed by atoms with E-state index in [1.807, 2.05) is 0 Å². The van der Waals surface area contributed by atoms with Gasteiger partial charge in [0.25, 0.3) is 11.8 Å². The first kappa shape index (κ1) is 21.1. The average molecular weight is 471 g/mol. The zero-order valence-electron chi connectivity index (χ0n) is 15.9. The summed E-state index contributed by atoms with van der Waals surface area (Å²) in [6.45, 7) is -0.203. The smallest absolute Gasteiger partial charge is 0.273 e. The van der Waals surface area contributed by atoms with E-state index in [1.165, 1.54) is 16.2 Å². The molecule has 2 aromatic carbocycles. The molecule has 31 heavy (non-hydrogen) atoms. The van der Waals surface area contributed by atoms with Gasteiger partial charge in [-0.25, -0.2) is 9.88 Å². The number of amidine groups is 1. The third-order valence-corrected chi connectivity index (χ3v) is 6.02. The molecule has 0 atom stereocenters. The molecule has 1 fully saturated rings. The third kappa shape index (κ3) is 4.96. The fourth-order valence-electron chi connectivity index (χ4n) is 2.73. The Kier molecular flexibility index (Phi) is 6.36. The molecule has 0 aliphatic carbocycles. The third-order valence-electron chi connectivity index (χ3n) is 4.13. The van der Waals surface area contributed by atoms with Crippen LogP contribution in [-0.2, 0) is 9.59 Å². The number of carbonyl (C=O) groups excluding carboxylic acids is 2. The van der Waals surface area contributed by atoms with Gasteiger partial charge >= 0.3 is 0 Å². The van der Waals surface area contributed by atoms with Gasteiger partial charge in [0.05, 0.1) is 4.91 Å². The molecule has 0 unspecified atom stereocenters. The van der Waals surface area contributed by atoms with E-state index in [0.717, 1.165) is 11.8 Å². The molecule has 10 heteroatoms. The number of aromatic nitrogens is 1. The molecular formula is C21H15ClN4O3S2. The topological polar surface area (TPSA) is 95.4 Å². The minimum absolute atomic E-state index is 0.0898. The number of para-hydroxylation sites is 1. The summed E-state index contributed by atoms with van der Waals surface area (Å²) in [4.78, 5) is 30.7. The Morgan fingerprint density at radius 2 is 2.00 bits per heavy atom. The van der Waals surface area contributed by atoms with Crippen LogP contribution in [0.3, 0.4) is 0 Å². The van der Waals surface area contributed by atoms with E-state index in [4.69, 9.17) is 21.7 Å². The number of ether oxygens (including phenoxy) is 1. The number of thioether (sulfide) groups is 1. The minimum Gasteiger partial charge on any atom is -0.483 e. The number of nitrogens with zero attached hydrogens (tertiary/aromatic N) is 2. The lowest BCUT2D eigenvalue weighted by atomic mass is 10.2. The molecule has 1 aromatic heterocycles. The fourth-order valence-corrected chi connectivity index (χ4v) is 4.40. The van der Waals surface area contributed by atoms with Crippen molar-refractivity contribution in [3.05, 3.63) is 75.6 Å². The number of carbonyl (C=O) groups is 2. The first-order valence-electron chi connectivity index (χ1n) is 9.00. The van der Waals surface area contributed by atoms with Crippen molar-refractivity contribution in [3.8, 4) is 5.75 Å². The van der Waals surface area contributed by atoms with E-state index < -0.39 is 0 Å². The standard InChI is InChI=1S/C21H15ClN4O3S2/c22-14-5-7-15(8-6-14)25-18(27)12-29-16-4-2-1-3-13(16)11-17-19(28)26(20(23)31-17)21-24-9-10-30-21/h1-11,23H,12H2,(H,25,27)/b17-11-,23-20?. The number of nitrogens with one attached hydrogen (secondary N) is 2. The van der Waals surface area contributed by atoms with Crippen molar-refractivity contribution in [2.24, 2.45) is 0 Å². The monoisotopic (exact) mass is 470 g/mol. The summed E-state index contributed by atoms with van der Waals surface area (Å²) >= 11 is 8.19. The molecule has 0 saturated carbocycles. The van der Waals surface area contributed by atoms with Crippen LogP contribution in [0.4, 0.5) is 10.8 Å². The van der Waals surface area contributed by atoms with Gasteiger partial charge in [-0.05, 0) is 48.2 Å². The van der Waals surface area contributed by atoms with E-state index in [2.05, 4.69) is 10.3 Å². The predicted octanol–water partition coefficient (Wildman–Crippen LogP) is 4.87. The molecular weight excluding hydrogens is 456 g/mol. The van der Waals surface area contributed by atoms with Crippen molar-refractivity contribution in [1.29, 1.82) is 5.41 Å². The van der Waals surface area contributed by atoms with Crippen LogP contribution in [-0.4, -0.2) is 28.6 Å². The van der Waals surface area contributed by atoms with Gasteiger partial charge in [0, 0.05) is 27.9 Å². The Balaban J connectivity index is 1.46. The molecule has 1 saturated heterocycles. The summed E-state index contributed by atoms with van der Waals surface area (Å²) in [5.74, 6) is -0.193. The average Bonchev–Trinajstić information content (AvgIpc) is 3.37. The van der Waals surface area contributed by atoms with Crippen LogP contribution in [0.25, 0.3) is 6.08 Å². The second-order valence-corrected chi connectivity index (χ2v) is 8.59. The Labute approximate surface area is 191 Å². The molecule has 1 aliphatic heterocycles. The quantitative estimate of drug-likeness (QED) is 0.501. The maximum atomic E-state index is 12.8. The summed E-state index contributed by atoms with van der Waals surface area (Å²) in [5.41, 5.74) is 1.24. The lowest BCUT2D eigenvalue weighted by molar-refractivity contribution is -0.118. The second kappa shape index (κ2) is 9.34. The van der Waals surface area contributed by atoms with Gasteiger partial charge in [0.2, 0.25) is 0 Å². The van der Waals surface area contributed by atoms with Crippen LogP contribution in [0.1, 0.15) is 5.56 Å². The van der Waals surface area contributed by atoms with Gasteiger partial charge in [0.1, 0.15) is 5.75 Å². The molecule has 2 amide bonds. The summed E-state index contributed by atoms with van der Waals surface area (Å²) in [6.07, 6.45) is 3.24. The Bertz CT molecular complexity index is 1160. The van der Waals surface area contributed by atoms with Crippen LogP contribution in [0, 0.1) is 5.41 Å². The van der Waals surface area contributed by atoms with Crippen molar-refractivity contribution in [2.75, 3.05) is 16.8 Å². The summed E-state index contributed by atoms with van der Waals surface area (Å²) in [5, 5.41) is 13.7. The van der Waals surface area contributed by atoms with Crippen LogP contribution < -0.4 is 15.0 Å². The molecule has 1 aliphatic rings. The molecule has 156 valence electrons. The Morgan fingerprint density at radius 1 is 1.23 bits per heavy atom. The Hall–Kier alpha value is -3.14. The van der Waals surface area contributed by atoms with Crippen LogP contribution >= 0.6 is 34.7 Å². The maximum absolute atomic E-state index is 12.8. The van der Waals surface area contributed by atoms with Crippen molar-refractivity contribution in [3.63, 3.8) is 0 Å². The zero-order valence-corrected chi connectivity index (χ0v) is 18.3. The predicted molar refractivity (Wildman–Crippen MR) is 125 cm³/mol. The van der Waals surface area contributed by atoms with E-state index in [-0.39, 0.29) is 23.6 Å². The number of hydrogen-bond donors (Lipinski definition) is 2. The van der Waals surface area contributed by atoms with E-state index in [0.29, 0.717) is 32.1 Å². The molecule has 7 nitrogen and oxygen atoms in total. The SMILES string of the molecule is N=C1S/C(=C\c2ccccc2OCC(=O)Nc2ccc(Cl)cc2)C(=O)N1c1nccs1. The van der Waals surface area contributed by atoms with Crippen LogP contribution in [0.2, 0.25) is 5.02 Å². The molecule has 2 N–H and O–H groups in total. The van der Waals surface area contributed by atoms with Crippen molar-refractivity contribution in [1.82, 2.24) is 4.98 Å². The fraction of sp³-hybridized carbons (Fsp3) is 0.0476. The Morgan fingerprint density at radius 3 is 2.74 bits per heavy atom. The van der Waals surface area contributed by atoms with E-state index in [1.54, 1.807) is 66.2 Å². The highest BCUT2D eigenvalue weighted by atomic mass is 35.5. The van der Waals surface area contributed by atoms with Crippen molar-refractivity contribution < 1.29 is 14.3 Å². The van der Waals surface area contributed by atoms with E-state index >= 15 is 0 Å². The minimum atomic E-state index is -0.326. The number of hydrogen-bond acceptors (Lipinski definition) is 7. The number of anilines is 2. The summed E-state index contributed by atoms with van der Waals surface area (Å²) in [6, 6.07) is 13.8. The highest BCUT2D eigenvalue weighted by Crippen LogP contribution is 2.37. The van der Waals surface area contributed by atoms with Crippen molar-refractivity contribution in [2.45, 2.75) is 0 Å². The lowest BCUT2D eigenvalue weighted by Crippen LogP contribution is -2.27. The molecule has 0 spiro atoms. The molecule has 3 aromatic rings. The molecule has 0 radical (unpaired) electrons. The molecule has 2 heterocycles. The largest absolute Gasteiger partial charge is 0.483 e.